The SMILES string of the molecule is Cc1nc2cc(-c3ccccc3)c(-c3ccccc3)cc2nc1C[P+](c1ccccc1)(c1ccccc1)c1ccccc1.[Br-]. The molecular weight excluding hydrogens is 619 g/mol. The van der Waals surface area contributed by atoms with Crippen molar-refractivity contribution in [2.45, 2.75) is 13.1 Å². The number of fused-ring (bicyclic) bond motifs is 1. The van der Waals surface area contributed by atoms with E-state index in [2.05, 4.69) is 171 Å². The fourth-order valence-corrected chi connectivity index (χ4v) is 10.3. The summed E-state index contributed by atoms with van der Waals surface area (Å²) in [6.45, 7) is 2.12. The molecule has 4 heteroatoms. The zero-order valence-corrected chi connectivity index (χ0v) is 27.0. The lowest BCUT2D eigenvalue weighted by molar-refractivity contribution is -0.00000844. The molecule has 0 atom stereocenters. The van der Waals surface area contributed by atoms with Crippen molar-refractivity contribution in [3.63, 3.8) is 0 Å². The molecule has 0 aliphatic heterocycles. The van der Waals surface area contributed by atoms with Gasteiger partial charge in [-0.1, -0.05) is 115 Å². The van der Waals surface area contributed by atoms with E-state index in [1.165, 1.54) is 38.2 Å². The van der Waals surface area contributed by atoms with Crippen LogP contribution in [0.2, 0.25) is 0 Å². The summed E-state index contributed by atoms with van der Waals surface area (Å²) in [6.07, 6.45) is 0.793. The molecule has 44 heavy (non-hydrogen) atoms. The van der Waals surface area contributed by atoms with Gasteiger partial charge in [0.1, 0.15) is 35.0 Å². The summed E-state index contributed by atoms with van der Waals surface area (Å²) in [4.78, 5) is 10.6. The first-order valence-corrected chi connectivity index (χ1v) is 16.7. The molecule has 7 rings (SSSR count). The summed E-state index contributed by atoms with van der Waals surface area (Å²) in [6, 6.07) is 58.6. The van der Waals surface area contributed by atoms with E-state index in [0.717, 1.165) is 28.6 Å². The lowest BCUT2D eigenvalue weighted by Gasteiger charge is -2.28. The average Bonchev–Trinajstić information content (AvgIpc) is 3.09. The number of aromatic nitrogens is 2. The van der Waals surface area contributed by atoms with Crippen LogP contribution in [0.15, 0.2) is 164 Å². The van der Waals surface area contributed by atoms with Crippen molar-refractivity contribution < 1.29 is 17.0 Å². The maximum atomic E-state index is 5.42. The maximum absolute atomic E-state index is 5.42. The Kier molecular flexibility index (Phi) is 8.79. The molecule has 0 bridgehead atoms. The molecule has 0 fully saturated rings. The van der Waals surface area contributed by atoms with Crippen LogP contribution in [0.25, 0.3) is 33.3 Å². The van der Waals surface area contributed by atoms with E-state index in [1.807, 2.05) is 0 Å². The number of halogens is 1. The molecule has 0 amide bonds. The monoisotopic (exact) mass is 650 g/mol. The molecule has 214 valence electrons. The highest BCUT2D eigenvalue weighted by atomic mass is 79.9. The lowest BCUT2D eigenvalue weighted by Crippen LogP contribution is -3.00. The maximum Gasteiger partial charge on any atom is 0.118 e. The van der Waals surface area contributed by atoms with Crippen molar-refractivity contribution >= 4 is 34.2 Å². The number of hydrogen-bond donors (Lipinski definition) is 0. The number of hydrogen-bond acceptors (Lipinski definition) is 2. The molecule has 0 aliphatic carbocycles. The van der Waals surface area contributed by atoms with Gasteiger partial charge in [0.25, 0.3) is 0 Å². The van der Waals surface area contributed by atoms with Crippen molar-refractivity contribution in [1.82, 2.24) is 9.97 Å². The van der Waals surface area contributed by atoms with E-state index in [0.29, 0.717) is 0 Å². The van der Waals surface area contributed by atoms with Gasteiger partial charge in [0.2, 0.25) is 0 Å². The smallest absolute Gasteiger partial charge is 0.118 e. The van der Waals surface area contributed by atoms with Crippen LogP contribution in [0.1, 0.15) is 11.4 Å². The van der Waals surface area contributed by atoms with Crippen molar-refractivity contribution in [1.29, 1.82) is 0 Å². The zero-order valence-electron chi connectivity index (χ0n) is 24.5. The highest BCUT2D eigenvalue weighted by Crippen LogP contribution is 2.58. The van der Waals surface area contributed by atoms with Crippen LogP contribution < -0.4 is 32.9 Å². The quantitative estimate of drug-likeness (QED) is 0.205. The summed E-state index contributed by atoms with van der Waals surface area (Å²) in [5.41, 5.74) is 8.55. The van der Waals surface area contributed by atoms with E-state index in [9.17, 15) is 0 Å². The number of nitrogens with zero attached hydrogens (tertiary/aromatic N) is 2. The van der Waals surface area contributed by atoms with Gasteiger partial charge in [0.15, 0.2) is 0 Å². The third-order valence-electron chi connectivity index (χ3n) is 8.22. The number of aryl methyl sites for hydroxylation is 1. The topological polar surface area (TPSA) is 25.8 Å². The van der Waals surface area contributed by atoms with Crippen molar-refractivity contribution in [2.75, 3.05) is 0 Å². The van der Waals surface area contributed by atoms with E-state index in [1.54, 1.807) is 0 Å². The van der Waals surface area contributed by atoms with Crippen molar-refractivity contribution in [2.24, 2.45) is 0 Å². The van der Waals surface area contributed by atoms with Gasteiger partial charge in [-0.15, -0.1) is 0 Å². The predicted molar refractivity (Wildman–Crippen MR) is 184 cm³/mol. The Hall–Kier alpha value is -4.43. The molecule has 0 unspecified atom stereocenters. The number of rotatable bonds is 7. The fourth-order valence-electron chi connectivity index (χ4n) is 6.08. The highest BCUT2D eigenvalue weighted by Gasteiger charge is 2.46. The summed E-state index contributed by atoms with van der Waals surface area (Å²) in [5, 5.41) is 4.04. The van der Waals surface area contributed by atoms with Crippen LogP contribution in [0.4, 0.5) is 0 Å². The van der Waals surface area contributed by atoms with Crippen LogP contribution >= 0.6 is 7.26 Å². The summed E-state index contributed by atoms with van der Waals surface area (Å²) >= 11 is 0. The second-order valence-corrected chi connectivity index (χ2v) is 14.3. The van der Waals surface area contributed by atoms with Gasteiger partial charge in [-0.2, -0.15) is 0 Å². The third kappa shape index (κ3) is 5.62. The second-order valence-electron chi connectivity index (χ2n) is 10.8. The normalized spacial score (nSPS) is 11.2. The molecule has 7 aromatic rings. The highest BCUT2D eigenvalue weighted by molar-refractivity contribution is 7.95. The summed E-state index contributed by atoms with van der Waals surface area (Å²) in [5.74, 6) is 0. The Balaban J connectivity index is 0.00000343. The van der Waals surface area contributed by atoms with E-state index < -0.39 is 7.26 Å². The molecule has 0 spiro atoms. The Morgan fingerprint density at radius 2 is 0.795 bits per heavy atom. The van der Waals surface area contributed by atoms with E-state index >= 15 is 0 Å². The fraction of sp³-hybridized carbons (Fsp3) is 0.0500. The van der Waals surface area contributed by atoms with Gasteiger partial charge in [0.05, 0.1) is 16.7 Å². The van der Waals surface area contributed by atoms with Crippen LogP contribution in [0.3, 0.4) is 0 Å². The Morgan fingerprint density at radius 1 is 0.455 bits per heavy atom. The van der Waals surface area contributed by atoms with Gasteiger partial charge >= 0.3 is 0 Å². The molecular formula is C40H32BrN2P. The van der Waals surface area contributed by atoms with E-state index in [-0.39, 0.29) is 17.0 Å². The molecule has 0 N–H and O–H groups in total. The van der Waals surface area contributed by atoms with Gasteiger partial charge in [0, 0.05) is 0 Å². The van der Waals surface area contributed by atoms with Crippen LogP contribution in [-0.4, -0.2) is 9.97 Å². The molecule has 0 aliphatic rings. The van der Waals surface area contributed by atoms with Crippen LogP contribution in [0, 0.1) is 6.92 Å². The van der Waals surface area contributed by atoms with Crippen LogP contribution in [0.5, 0.6) is 0 Å². The van der Waals surface area contributed by atoms with Gasteiger partial charge < -0.3 is 17.0 Å². The number of benzene rings is 6. The zero-order chi connectivity index (χ0) is 29.1. The third-order valence-corrected chi connectivity index (χ3v) is 12.5. The second kappa shape index (κ2) is 13.1. The summed E-state index contributed by atoms with van der Waals surface area (Å²) in [7, 11) is -2.11. The van der Waals surface area contributed by atoms with Crippen LogP contribution in [-0.2, 0) is 6.16 Å². The molecule has 1 heterocycles. The minimum absolute atomic E-state index is 0. The first-order chi connectivity index (χ1) is 21.2. The first-order valence-electron chi connectivity index (χ1n) is 14.7. The minimum Gasteiger partial charge on any atom is -1.00 e. The van der Waals surface area contributed by atoms with Gasteiger partial charge in [-0.25, -0.2) is 9.97 Å². The molecule has 0 saturated heterocycles. The standard InChI is InChI=1S/C40H32N2P.BrH/c1-30-40(29-43(33-21-11-4-12-22-33,34-23-13-5-14-24-34)35-25-15-6-16-26-35)42-39-28-37(32-19-9-3-10-20-32)36(27-38(39)41-30)31-17-7-2-8-18-31;/h2-28H,29H2,1H3;1H/q+1;/p-1. The lowest BCUT2D eigenvalue weighted by atomic mass is 9.93. The van der Waals surface area contributed by atoms with Gasteiger partial charge in [-0.05, 0) is 77.7 Å². The van der Waals surface area contributed by atoms with Crippen molar-refractivity contribution in [3.05, 3.63) is 175 Å². The molecule has 1 aromatic heterocycles. The largest absolute Gasteiger partial charge is 1.00 e. The van der Waals surface area contributed by atoms with E-state index in [4.69, 9.17) is 9.97 Å². The molecule has 2 nitrogen and oxygen atoms in total. The van der Waals surface area contributed by atoms with Gasteiger partial charge in [-0.3, -0.25) is 0 Å². The van der Waals surface area contributed by atoms with Crippen molar-refractivity contribution in [3.8, 4) is 22.3 Å². The predicted octanol–water partition coefficient (Wildman–Crippen LogP) is 5.77. The molecule has 0 saturated carbocycles. The molecule has 0 radical (unpaired) electrons. The summed E-state index contributed by atoms with van der Waals surface area (Å²) < 4.78 is 0. The first kappa shape index (κ1) is 29.6. The Bertz CT molecular complexity index is 1890. The Morgan fingerprint density at radius 3 is 1.18 bits per heavy atom. The average molecular weight is 652 g/mol. The minimum atomic E-state index is -2.11. The Labute approximate surface area is 270 Å². The molecule has 6 aromatic carbocycles.